The third-order valence-electron chi connectivity index (χ3n) is 5.66. The molecule has 0 bridgehead atoms. The lowest BCUT2D eigenvalue weighted by atomic mass is 9.96. The van der Waals surface area contributed by atoms with Crippen molar-refractivity contribution in [2.75, 3.05) is 7.11 Å². The highest BCUT2D eigenvalue weighted by atomic mass is 32.1. The zero-order valence-corrected chi connectivity index (χ0v) is 18.7. The number of amides is 1. The molecule has 0 atom stereocenters. The standard InChI is InChI=1S/C24H24N4O2S/c1-15-12-18(14-26-27-23(29)17-8-10-19(30-3)11-9-17)16(2)28(15)24-21(13-25)20-6-4-5-7-22(20)31-24/h8-12,14H,4-7H2,1-3H3,(H,27,29)/b26-14+. The van der Waals surface area contributed by atoms with Crippen LogP contribution in [0.5, 0.6) is 5.75 Å². The number of ether oxygens (including phenoxy) is 1. The summed E-state index contributed by atoms with van der Waals surface area (Å²) in [6, 6.07) is 11.3. The van der Waals surface area contributed by atoms with E-state index in [0.717, 1.165) is 46.8 Å². The number of hydrazone groups is 1. The Balaban J connectivity index is 1.57. The molecule has 0 spiro atoms. The van der Waals surface area contributed by atoms with Crippen molar-refractivity contribution in [2.24, 2.45) is 5.10 Å². The fourth-order valence-corrected chi connectivity index (χ4v) is 5.47. The molecular formula is C24H24N4O2S. The van der Waals surface area contributed by atoms with Gasteiger partial charge < -0.3 is 9.30 Å². The molecule has 0 aliphatic heterocycles. The second-order valence-corrected chi connectivity index (χ2v) is 8.68. The monoisotopic (exact) mass is 432 g/mol. The van der Waals surface area contributed by atoms with Gasteiger partial charge in [0, 0.05) is 27.4 Å². The molecule has 1 N–H and O–H groups in total. The summed E-state index contributed by atoms with van der Waals surface area (Å²) in [4.78, 5) is 13.6. The Kier molecular flexibility index (Phi) is 5.92. The maximum atomic E-state index is 12.3. The Morgan fingerprint density at radius 3 is 2.71 bits per heavy atom. The van der Waals surface area contributed by atoms with Gasteiger partial charge in [0.05, 0.1) is 18.9 Å². The van der Waals surface area contributed by atoms with Crippen LogP contribution < -0.4 is 10.2 Å². The number of hydrogen-bond acceptors (Lipinski definition) is 5. The van der Waals surface area contributed by atoms with Crippen LogP contribution in [0.2, 0.25) is 0 Å². The van der Waals surface area contributed by atoms with Crippen LogP contribution in [-0.4, -0.2) is 23.8 Å². The lowest BCUT2D eigenvalue weighted by molar-refractivity contribution is 0.0955. The minimum Gasteiger partial charge on any atom is -0.497 e. The van der Waals surface area contributed by atoms with Crippen molar-refractivity contribution in [1.29, 1.82) is 5.26 Å². The van der Waals surface area contributed by atoms with Crippen molar-refractivity contribution in [1.82, 2.24) is 9.99 Å². The molecule has 1 aromatic carbocycles. The van der Waals surface area contributed by atoms with E-state index in [9.17, 15) is 10.1 Å². The van der Waals surface area contributed by atoms with Crippen LogP contribution in [0.4, 0.5) is 0 Å². The van der Waals surface area contributed by atoms with Crippen LogP contribution in [0.25, 0.3) is 5.00 Å². The second kappa shape index (κ2) is 8.78. The van der Waals surface area contributed by atoms with Crippen molar-refractivity contribution >= 4 is 23.5 Å². The number of methoxy groups -OCH3 is 1. The first-order valence-electron chi connectivity index (χ1n) is 10.2. The second-order valence-electron chi connectivity index (χ2n) is 7.59. The van der Waals surface area contributed by atoms with Gasteiger partial charge in [-0.15, -0.1) is 11.3 Å². The molecule has 7 heteroatoms. The minimum absolute atomic E-state index is 0.287. The molecule has 158 valence electrons. The van der Waals surface area contributed by atoms with Crippen LogP contribution in [0.3, 0.4) is 0 Å². The number of aryl methyl sites for hydroxylation is 2. The number of benzene rings is 1. The van der Waals surface area contributed by atoms with Gasteiger partial charge in [0.15, 0.2) is 0 Å². The number of aromatic nitrogens is 1. The van der Waals surface area contributed by atoms with E-state index >= 15 is 0 Å². The number of nitrogens with one attached hydrogen (secondary N) is 1. The molecule has 4 rings (SSSR count). The Bertz CT molecular complexity index is 1200. The lowest BCUT2D eigenvalue weighted by Crippen LogP contribution is -2.17. The van der Waals surface area contributed by atoms with Gasteiger partial charge >= 0.3 is 0 Å². The Morgan fingerprint density at radius 2 is 2.00 bits per heavy atom. The average molecular weight is 433 g/mol. The normalized spacial score (nSPS) is 13.1. The molecule has 6 nitrogen and oxygen atoms in total. The molecule has 0 fully saturated rings. The van der Waals surface area contributed by atoms with E-state index in [-0.39, 0.29) is 5.91 Å². The average Bonchev–Trinajstić information content (AvgIpc) is 3.29. The zero-order chi connectivity index (χ0) is 22.0. The van der Waals surface area contributed by atoms with E-state index in [1.165, 1.54) is 16.9 Å². The summed E-state index contributed by atoms with van der Waals surface area (Å²) in [6.07, 6.45) is 6.03. The van der Waals surface area contributed by atoms with Crippen LogP contribution >= 0.6 is 11.3 Å². The molecule has 0 saturated heterocycles. The molecule has 3 aromatic rings. The Hall–Kier alpha value is -3.37. The Labute approximate surface area is 185 Å². The van der Waals surface area contributed by atoms with Crippen molar-refractivity contribution in [3.05, 3.63) is 68.9 Å². The number of rotatable bonds is 5. The Morgan fingerprint density at radius 1 is 1.26 bits per heavy atom. The topological polar surface area (TPSA) is 79.4 Å². The van der Waals surface area contributed by atoms with Crippen molar-refractivity contribution < 1.29 is 9.53 Å². The third kappa shape index (κ3) is 3.99. The van der Waals surface area contributed by atoms with Gasteiger partial charge in [-0.1, -0.05) is 0 Å². The zero-order valence-electron chi connectivity index (χ0n) is 17.9. The van der Waals surface area contributed by atoms with Crippen LogP contribution in [-0.2, 0) is 12.8 Å². The number of carbonyl (C=O) groups excluding carboxylic acids is 1. The lowest BCUT2D eigenvalue weighted by Gasteiger charge is -2.10. The molecule has 1 aliphatic rings. The number of carbonyl (C=O) groups is 1. The fraction of sp³-hybridized carbons (Fsp3) is 0.292. The van der Waals surface area contributed by atoms with E-state index in [1.54, 1.807) is 48.9 Å². The molecule has 0 unspecified atom stereocenters. The predicted molar refractivity (Wildman–Crippen MR) is 123 cm³/mol. The van der Waals surface area contributed by atoms with Gasteiger partial charge in [-0.25, -0.2) is 5.43 Å². The quantitative estimate of drug-likeness (QED) is 0.470. The van der Waals surface area contributed by atoms with E-state index in [0.29, 0.717) is 11.3 Å². The van der Waals surface area contributed by atoms with Crippen LogP contribution in [0, 0.1) is 25.2 Å². The van der Waals surface area contributed by atoms with Gasteiger partial charge in [0.1, 0.15) is 16.8 Å². The maximum Gasteiger partial charge on any atom is 0.271 e. The van der Waals surface area contributed by atoms with Crippen LogP contribution in [0.1, 0.15) is 56.2 Å². The van der Waals surface area contributed by atoms with Gasteiger partial charge in [0.2, 0.25) is 0 Å². The highest BCUT2D eigenvalue weighted by Crippen LogP contribution is 2.38. The maximum absolute atomic E-state index is 12.3. The summed E-state index contributed by atoms with van der Waals surface area (Å²) in [5.74, 6) is 0.407. The van der Waals surface area contributed by atoms with E-state index < -0.39 is 0 Å². The van der Waals surface area contributed by atoms with E-state index in [2.05, 4.69) is 21.2 Å². The van der Waals surface area contributed by atoms with Gasteiger partial charge in [-0.2, -0.15) is 10.4 Å². The summed E-state index contributed by atoms with van der Waals surface area (Å²) in [5, 5.41) is 15.0. The third-order valence-corrected chi connectivity index (χ3v) is 6.94. The highest BCUT2D eigenvalue weighted by Gasteiger charge is 2.23. The van der Waals surface area contributed by atoms with Crippen molar-refractivity contribution in [3.8, 4) is 16.8 Å². The molecule has 31 heavy (non-hydrogen) atoms. The van der Waals surface area contributed by atoms with Gasteiger partial charge in [0.25, 0.3) is 5.91 Å². The first-order chi connectivity index (χ1) is 15.0. The first kappa shape index (κ1) is 20.9. The highest BCUT2D eigenvalue weighted by molar-refractivity contribution is 7.15. The van der Waals surface area contributed by atoms with Crippen LogP contribution in [0.15, 0.2) is 35.4 Å². The molecule has 2 aromatic heterocycles. The molecular weight excluding hydrogens is 408 g/mol. The smallest absolute Gasteiger partial charge is 0.271 e. The minimum atomic E-state index is -0.287. The predicted octanol–water partition coefficient (Wildman–Crippen LogP) is 4.68. The van der Waals surface area contributed by atoms with Gasteiger partial charge in [-0.3, -0.25) is 4.79 Å². The first-order valence-corrected chi connectivity index (χ1v) is 11.1. The SMILES string of the molecule is COc1ccc(C(=O)N/N=C/c2cc(C)n(-c3sc4c(c3C#N)CCCC4)c2C)cc1. The molecule has 2 heterocycles. The largest absolute Gasteiger partial charge is 0.497 e. The van der Waals surface area contributed by atoms with Gasteiger partial charge in [-0.05, 0) is 75.4 Å². The summed E-state index contributed by atoms with van der Waals surface area (Å²) in [6.45, 7) is 4.04. The van der Waals surface area contributed by atoms with Crippen molar-refractivity contribution in [2.45, 2.75) is 39.5 Å². The summed E-state index contributed by atoms with van der Waals surface area (Å²) >= 11 is 1.73. The number of thiophene rings is 1. The number of fused-ring (bicyclic) bond motifs is 1. The fourth-order valence-electron chi connectivity index (χ4n) is 4.02. The van der Waals surface area contributed by atoms with E-state index in [1.807, 2.05) is 19.9 Å². The van der Waals surface area contributed by atoms with E-state index in [4.69, 9.17) is 4.74 Å². The van der Waals surface area contributed by atoms with Crippen molar-refractivity contribution in [3.63, 3.8) is 0 Å². The molecule has 0 saturated carbocycles. The summed E-state index contributed by atoms with van der Waals surface area (Å²) < 4.78 is 7.24. The molecule has 0 radical (unpaired) electrons. The molecule has 1 aliphatic carbocycles. The summed E-state index contributed by atoms with van der Waals surface area (Å²) in [7, 11) is 1.58. The molecule has 1 amide bonds. The number of hydrogen-bond donors (Lipinski definition) is 1. The summed E-state index contributed by atoms with van der Waals surface area (Å²) in [5.41, 5.74) is 8.05. The number of nitriles is 1. The number of nitrogens with zero attached hydrogens (tertiary/aromatic N) is 3.